The van der Waals surface area contributed by atoms with E-state index in [1.807, 2.05) is 18.2 Å². The highest BCUT2D eigenvalue weighted by molar-refractivity contribution is 5.31. The zero-order chi connectivity index (χ0) is 9.68. The highest BCUT2D eigenvalue weighted by Crippen LogP contribution is 2.19. The number of phenolic OH excluding ortho intramolecular Hbond substituents is 1. The van der Waals surface area contributed by atoms with E-state index >= 15 is 0 Å². The van der Waals surface area contributed by atoms with E-state index in [1.54, 1.807) is 6.07 Å². The molecule has 0 radical (unpaired) electrons. The number of rotatable bonds is 4. The molecule has 0 aliphatic rings. The Morgan fingerprint density at radius 2 is 2.00 bits per heavy atom. The van der Waals surface area contributed by atoms with E-state index in [0.717, 1.165) is 24.3 Å². The quantitative estimate of drug-likeness (QED) is 0.749. The molecule has 13 heavy (non-hydrogen) atoms. The van der Waals surface area contributed by atoms with Gasteiger partial charge in [0.1, 0.15) is 5.75 Å². The largest absolute Gasteiger partial charge is 0.508 e. The molecule has 0 aliphatic heterocycles. The van der Waals surface area contributed by atoms with E-state index in [4.69, 9.17) is 0 Å². The van der Waals surface area contributed by atoms with Gasteiger partial charge < -0.3 is 5.11 Å². The first-order chi connectivity index (χ1) is 6.24. The van der Waals surface area contributed by atoms with Crippen molar-refractivity contribution in [2.24, 2.45) is 5.92 Å². The molecule has 0 saturated carbocycles. The number of para-hydroxylation sites is 1. The normalized spacial score (nSPS) is 12.8. The van der Waals surface area contributed by atoms with Crippen molar-refractivity contribution in [2.45, 2.75) is 33.1 Å². The molecule has 0 spiro atoms. The third-order valence-electron chi connectivity index (χ3n) is 2.60. The number of benzene rings is 1. The Balaban J connectivity index is 2.50. The van der Waals surface area contributed by atoms with Crippen molar-refractivity contribution in [3.05, 3.63) is 29.8 Å². The van der Waals surface area contributed by atoms with Crippen LogP contribution in [0.3, 0.4) is 0 Å². The molecule has 1 unspecified atom stereocenters. The number of hydrogen-bond donors (Lipinski definition) is 1. The molecule has 0 amide bonds. The van der Waals surface area contributed by atoms with Crippen molar-refractivity contribution in [3.8, 4) is 5.75 Å². The van der Waals surface area contributed by atoms with Crippen LogP contribution in [0.2, 0.25) is 0 Å². The van der Waals surface area contributed by atoms with Gasteiger partial charge in [0.15, 0.2) is 0 Å². The summed E-state index contributed by atoms with van der Waals surface area (Å²) in [5.41, 5.74) is 1.07. The minimum Gasteiger partial charge on any atom is -0.508 e. The van der Waals surface area contributed by atoms with Crippen LogP contribution in [-0.4, -0.2) is 5.11 Å². The van der Waals surface area contributed by atoms with E-state index in [2.05, 4.69) is 13.8 Å². The van der Waals surface area contributed by atoms with Crippen LogP contribution in [0, 0.1) is 5.92 Å². The minimum atomic E-state index is 0.436. The third-order valence-corrected chi connectivity index (χ3v) is 2.60. The topological polar surface area (TPSA) is 20.2 Å². The molecule has 1 heteroatoms. The van der Waals surface area contributed by atoms with Gasteiger partial charge in [-0.3, -0.25) is 0 Å². The molecule has 1 aromatic rings. The van der Waals surface area contributed by atoms with Crippen molar-refractivity contribution in [1.82, 2.24) is 0 Å². The second-order valence-corrected chi connectivity index (χ2v) is 3.68. The molecule has 0 bridgehead atoms. The van der Waals surface area contributed by atoms with Gasteiger partial charge in [-0.2, -0.15) is 0 Å². The lowest BCUT2D eigenvalue weighted by Crippen LogP contribution is -1.95. The first-order valence-electron chi connectivity index (χ1n) is 5.01. The molecule has 1 nitrogen and oxygen atoms in total. The van der Waals surface area contributed by atoms with E-state index in [1.165, 1.54) is 6.42 Å². The number of hydrogen-bond acceptors (Lipinski definition) is 1. The average Bonchev–Trinajstić information content (AvgIpc) is 2.16. The summed E-state index contributed by atoms with van der Waals surface area (Å²) in [6.07, 6.45) is 3.36. The zero-order valence-corrected chi connectivity index (χ0v) is 8.46. The Bertz CT molecular complexity index is 255. The molecule has 0 aliphatic carbocycles. The maximum Gasteiger partial charge on any atom is 0.118 e. The van der Waals surface area contributed by atoms with Gasteiger partial charge in [-0.15, -0.1) is 0 Å². The fourth-order valence-electron chi connectivity index (χ4n) is 1.33. The third kappa shape index (κ3) is 3.10. The molecule has 1 rings (SSSR count). The number of phenols is 1. The van der Waals surface area contributed by atoms with Crippen LogP contribution in [0.1, 0.15) is 32.3 Å². The fourth-order valence-corrected chi connectivity index (χ4v) is 1.33. The maximum atomic E-state index is 9.50. The molecule has 1 atom stereocenters. The lowest BCUT2D eigenvalue weighted by molar-refractivity contribution is 0.458. The molecule has 0 saturated heterocycles. The van der Waals surface area contributed by atoms with Crippen molar-refractivity contribution in [2.75, 3.05) is 0 Å². The lowest BCUT2D eigenvalue weighted by Gasteiger charge is -2.08. The predicted octanol–water partition coefficient (Wildman–Crippen LogP) is 3.37. The summed E-state index contributed by atoms with van der Waals surface area (Å²) < 4.78 is 0. The molecule has 72 valence electrons. The summed E-state index contributed by atoms with van der Waals surface area (Å²) in [6.45, 7) is 4.45. The lowest BCUT2D eigenvalue weighted by atomic mass is 9.99. The van der Waals surface area contributed by atoms with Crippen molar-refractivity contribution >= 4 is 0 Å². The van der Waals surface area contributed by atoms with Gasteiger partial charge in [0.05, 0.1) is 0 Å². The average molecular weight is 178 g/mol. The Hall–Kier alpha value is -0.980. The molecular formula is C12H18O. The Kier molecular flexibility index (Phi) is 3.81. The van der Waals surface area contributed by atoms with Gasteiger partial charge in [-0.05, 0) is 30.4 Å². The van der Waals surface area contributed by atoms with Crippen LogP contribution in [0.25, 0.3) is 0 Å². The summed E-state index contributed by atoms with van der Waals surface area (Å²) in [7, 11) is 0. The molecule has 1 N–H and O–H groups in total. The van der Waals surface area contributed by atoms with E-state index in [0.29, 0.717) is 5.75 Å². The van der Waals surface area contributed by atoms with Gasteiger partial charge >= 0.3 is 0 Å². The number of aromatic hydroxyl groups is 1. The van der Waals surface area contributed by atoms with Crippen LogP contribution >= 0.6 is 0 Å². The highest BCUT2D eigenvalue weighted by Gasteiger charge is 2.02. The highest BCUT2D eigenvalue weighted by atomic mass is 16.3. The second kappa shape index (κ2) is 4.90. The predicted molar refractivity (Wildman–Crippen MR) is 55.9 cm³/mol. The molecule has 0 fully saturated rings. The Labute approximate surface area is 80.4 Å². The first-order valence-corrected chi connectivity index (χ1v) is 5.01. The van der Waals surface area contributed by atoms with Crippen molar-refractivity contribution in [1.29, 1.82) is 0 Å². The van der Waals surface area contributed by atoms with E-state index in [-0.39, 0.29) is 0 Å². The summed E-state index contributed by atoms with van der Waals surface area (Å²) in [5.74, 6) is 1.19. The maximum absolute atomic E-state index is 9.50. The molecule has 1 aromatic carbocycles. The van der Waals surface area contributed by atoms with Gasteiger partial charge in [-0.25, -0.2) is 0 Å². The summed E-state index contributed by atoms with van der Waals surface area (Å²) >= 11 is 0. The Morgan fingerprint density at radius 3 is 2.62 bits per heavy atom. The Morgan fingerprint density at radius 1 is 1.31 bits per heavy atom. The summed E-state index contributed by atoms with van der Waals surface area (Å²) in [4.78, 5) is 0. The second-order valence-electron chi connectivity index (χ2n) is 3.68. The molecule has 0 aromatic heterocycles. The van der Waals surface area contributed by atoms with Gasteiger partial charge in [0.2, 0.25) is 0 Å². The monoisotopic (exact) mass is 178 g/mol. The van der Waals surface area contributed by atoms with E-state index in [9.17, 15) is 5.11 Å². The number of aryl methyl sites for hydroxylation is 1. The SMILES string of the molecule is CCC(C)CCc1ccccc1O. The van der Waals surface area contributed by atoms with Crippen LogP contribution in [0.5, 0.6) is 5.75 Å². The standard InChI is InChI=1S/C12H18O/c1-3-10(2)8-9-11-6-4-5-7-12(11)13/h4-7,10,13H,3,8-9H2,1-2H3. The molecular weight excluding hydrogens is 160 g/mol. The molecule has 0 heterocycles. The van der Waals surface area contributed by atoms with Gasteiger partial charge in [0, 0.05) is 0 Å². The van der Waals surface area contributed by atoms with Crippen molar-refractivity contribution < 1.29 is 5.11 Å². The zero-order valence-electron chi connectivity index (χ0n) is 8.46. The van der Waals surface area contributed by atoms with Crippen molar-refractivity contribution in [3.63, 3.8) is 0 Å². The summed E-state index contributed by atoms with van der Waals surface area (Å²) in [5, 5.41) is 9.50. The smallest absolute Gasteiger partial charge is 0.118 e. The summed E-state index contributed by atoms with van der Waals surface area (Å²) in [6, 6.07) is 7.59. The van der Waals surface area contributed by atoms with Crippen LogP contribution in [0.4, 0.5) is 0 Å². The van der Waals surface area contributed by atoms with Crippen LogP contribution < -0.4 is 0 Å². The minimum absolute atomic E-state index is 0.436. The van der Waals surface area contributed by atoms with Gasteiger partial charge in [0.25, 0.3) is 0 Å². The van der Waals surface area contributed by atoms with Crippen LogP contribution in [-0.2, 0) is 6.42 Å². The van der Waals surface area contributed by atoms with Crippen LogP contribution in [0.15, 0.2) is 24.3 Å². The van der Waals surface area contributed by atoms with E-state index < -0.39 is 0 Å². The first kappa shape index (κ1) is 10.1. The fraction of sp³-hybridized carbons (Fsp3) is 0.500. The van der Waals surface area contributed by atoms with Gasteiger partial charge in [-0.1, -0.05) is 38.5 Å².